The van der Waals surface area contributed by atoms with E-state index in [4.69, 9.17) is 4.74 Å². The molecule has 1 saturated heterocycles. The van der Waals surface area contributed by atoms with E-state index in [1.54, 1.807) is 7.11 Å². The molecule has 0 spiro atoms. The van der Waals surface area contributed by atoms with E-state index in [0.717, 1.165) is 18.7 Å². The lowest BCUT2D eigenvalue weighted by Gasteiger charge is -2.32. The highest BCUT2D eigenvalue weighted by Gasteiger charge is 2.35. The van der Waals surface area contributed by atoms with Crippen molar-refractivity contribution in [2.75, 3.05) is 13.7 Å². The number of nitrogens with one attached hydrogen (secondary N) is 1. The van der Waals surface area contributed by atoms with Crippen LogP contribution in [-0.4, -0.2) is 13.7 Å². The van der Waals surface area contributed by atoms with E-state index in [1.807, 2.05) is 0 Å². The van der Waals surface area contributed by atoms with Crippen molar-refractivity contribution >= 4 is 0 Å². The molecule has 1 aromatic carbocycles. The average molecular weight is 275 g/mol. The number of methoxy groups -OCH3 is 1. The number of aryl methyl sites for hydroxylation is 1. The van der Waals surface area contributed by atoms with Crippen LogP contribution >= 0.6 is 0 Å². The number of rotatable bonds is 3. The third kappa shape index (κ3) is 2.71. The van der Waals surface area contributed by atoms with Gasteiger partial charge in [0.15, 0.2) is 0 Å². The van der Waals surface area contributed by atoms with Crippen molar-refractivity contribution in [3.63, 3.8) is 0 Å². The lowest BCUT2D eigenvalue weighted by atomic mass is 9.79. The molecule has 1 unspecified atom stereocenters. The third-order valence-corrected chi connectivity index (χ3v) is 4.53. The largest absolute Gasteiger partial charge is 0.496 e. The van der Waals surface area contributed by atoms with Crippen molar-refractivity contribution in [1.29, 1.82) is 0 Å². The second kappa shape index (κ2) is 5.40. The predicted octanol–water partition coefficient (Wildman–Crippen LogP) is 4.15. The van der Waals surface area contributed by atoms with Crippen molar-refractivity contribution < 1.29 is 4.74 Å². The minimum absolute atomic E-state index is 0.0521. The van der Waals surface area contributed by atoms with Crippen molar-refractivity contribution in [1.82, 2.24) is 5.32 Å². The van der Waals surface area contributed by atoms with Gasteiger partial charge in [-0.1, -0.05) is 39.8 Å². The molecule has 0 radical (unpaired) electrons. The van der Waals surface area contributed by atoms with Gasteiger partial charge in [-0.25, -0.2) is 0 Å². The van der Waals surface area contributed by atoms with Crippen LogP contribution in [0.4, 0.5) is 0 Å². The molecular formula is C18H29NO. The zero-order chi connectivity index (χ0) is 15.0. The van der Waals surface area contributed by atoms with Crippen LogP contribution in [0.5, 0.6) is 5.75 Å². The number of hydrogen-bond acceptors (Lipinski definition) is 2. The first-order valence-corrected chi connectivity index (χ1v) is 7.78. The van der Waals surface area contributed by atoms with Crippen LogP contribution in [-0.2, 0) is 17.4 Å². The van der Waals surface area contributed by atoms with Gasteiger partial charge in [-0.15, -0.1) is 0 Å². The molecule has 0 saturated carbocycles. The summed E-state index contributed by atoms with van der Waals surface area (Å²) < 4.78 is 5.84. The lowest BCUT2D eigenvalue weighted by molar-refractivity contribution is 0.359. The Morgan fingerprint density at radius 3 is 2.45 bits per heavy atom. The second-order valence-electron chi connectivity index (χ2n) is 7.19. The van der Waals surface area contributed by atoms with Crippen molar-refractivity contribution in [2.45, 2.75) is 64.8 Å². The van der Waals surface area contributed by atoms with E-state index in [1.165, 1.54) is 29.5 Å². The molecule has 1 aliphatic heterocycles. The number of hydrogen-bond donors (Lipinski definition) is 1. The maximum atomic E-state index is 5.84. The Morgan fingerprint density at radius 2 is 2.00 bits per heavy atom. The number of ether oxygens (including phenoxy) is 1. The summed E-state index contributed by atoms with van der Waals surface area (Å²) in [6, 6.07) is 4.66. The summed E-state index contributed by atoms with van der Waals surface area (Å²) >= 11 is 0. The van der Waals surface area contributed by atoms with Crippen molar-refractivity contribution in [2.24, 2.45) is 0 Å². The zero-order valence-corrected chi connectivity index (χ0v) is 13.9. The highest BCUT2D eigenvalue weighted by molar-refractivity contribution is 5.51. The topological polar surface area (TPSA) is 21.3 Å². The lowest BCUT2D eigenvalue weighted by Crippen LogP contribution is -2.34. The second-order valence-corrected chi connectivity index (χ2v) is 7.19. The molecule has 2 heteroatoms. The Morgan fingerprint density at radius 1 is 1.30 bits per heavy atom. The first-order chi connectivity index (χ1) is 9.31. The first kappa shape index (κ1) is 15.4. The van der Waals surface area contributed by atoms with Crippen molar-refractivity contribution in [3.8, 4) is 5.75 Å². The fourth-order valence-electron chi connectivity index (χ4n) is 3.20. The fourth-order valence-corrected chi connectivity index (χ4v) is 3.20. The Kier molecular flexibility index (Phi) is 4.15. The smallest absolute Gasteiger partial charge is 0.127 e. The number of benzene rings is 1. The van der Waals surface area contributed by atoms with Crippen LogP contribution in [0.1, 0.15) is 64.2 Å². The maximum Gasteiger partial charge on any atom is 0.127 e. The van der Waals surface area contributed by atoms with Crippen molar-refractivity contribution in [3.05, 3.63) is 28.8 Å². The molecule has 0 amide bonds. The maximum absolute atomic E-state index is 5.84. The molecule has 0 aliphatic carbocycles. The van der Waals surface area contributed by atoms with E-state index in [-0.39, 0.29) is 11.0 Å². The normalized spacial score (nSPS) is 23.1. The van der Waals surface area contributed by atoms with Crippen LogP contribution < -0.4 is 10.1 Å². The van der Waals surface area contributed by atoms with Crippen LogP contribution in [0.15, 0.2) is 12.1 Å². The van der Waals surface area contributed by atoms with Crippen LogP contribution in [0.3, 0.4) is 0 Å². The van der Waals surface area contributed by atoms with Crippen LogP contribution in [0.25, 0.3) is 0 Å². The van der Waals surface area contributed by atoms with Gasteiger partial charge >= 0.3 is 0 Å². The van der Waals surface area contributed by atoms with E-state index < -0.39 is 0 Å². The molecule has 1 N–H and O–H groups in total. The summed E-state index contributed by atoms with van der Waals surface area (Å²) in [6.45, 7) is 12.4. The van der Waals surface area contributed by atoms with Gasteiger partial charge in [0.2, 0.25) is 0 Å². The molecule has 0 bridgehead atoms. The molecule has 2 rings (SSSR count). The molecule has 1 atom stereocenters. The molecule has 112 valence electrons. The fraction of sp³-hybridized carbons (Fsp3) is 0.667. The molecule has 20 heavy (non-hydrogen) atoms. The molecule has 1 aromatic rings. The van der Waals surface area contributed by atoms with Crippen LogP contribution in [0.2, 0.25) is 0 Å². The van der Waals surface area contributed by atoms with Gasteiger partial charge in [0.05, 0.1) is 7.11 Å². The zero-order valence-electron chi connectivity index (χ0n) is 13.9. The predicted molar refractivity (Wildman–Crippen MR) is 85.7 cm³/mol. The standard InChI is InChI=1S/C18H29NO/c1-7-13-11-14(17(2,3)4)16(20-6)15(12-13)18(5)9-8-10-19-18/h11-12,19H,7-10H2,1-6H3. The SMILES string of the molecule is CCc1cc(C(C)(C)C)c(OC)c(C2(C)CCCN2)c1. The van der Waals surface area contributed by atoms with Gasteiger partial charge in [-0.2, -0.15) is 0 Å². The Labute approximate surface area is 123 Å². The molecule has 2 nitrogen and oxygen atoms in total. The summed E-state index contributed by atoms with van der Waals surface area (Å²) in [6.07, 6.45) is 3.48. The highest BCUT2D eigenvalue weighted by atomic mass is 16.5. The van der Waals surface area contributed by atoms with Gasteiger partial charge < -0.3 is 10.1 Å². The van der Waals surface area contributed by atoms with Gasteiger partial charge in [0.1, 0.15) is 5.75 Å². The van der Waals surface area contributed by atoms with Gasteiger partial charge in [0, 0.05) is 16.7 Å². The molecule has 1 fully saturated rings. The minimum Gasteiger partial charge on any atom is -0.496 e. The van der Waals surface area contributed by atoms with Gasteiger partial charge in [-0.05, 0) is 43.7 Å². The third-order valence-electron chi connectivity index (χ3n) is 4.53. The first-order valence-electron chi connectivity index (χ1n) is 7.78. The molecule has 1 aliphatic rings. The monoisotopic (exact) mass is 275 g/mol. The molecular weight excluding hydrogens is 246 g/mol. The Bertz CT molecular complexity index is 479. The highest BCUT2D eigenvalue weighted by Crippen LogP contribution is 2.42. The van der Waals surface area contributed by atoms with Gasteiger partial charge in [-0.3, -0.25) is 0 Å². The minimum atomic E-state index is 0.0521. The summed E-state index contributed by atoms with van der Waals surface area (Å²) in [5.41, 5.74) is 4.21. The average Bonchev–Trinajstić information content (AvgIpc) is 2.84. The van der Waals surface area contributed by atoms with Crippen LogP contribution in [0, 0.1) is 0 Å². The quantitative estimate of drug-likeness (QED) is 0.894. The van der Waals surface area contributed by atoms with Gasteiger partial charge in [0.25, 0.3) is 0 Å². The van der Waals surface area contributed by atoms with E-state index in [9.17, 15) is 0 Å². The Balaban J connectivity index is 2.66. The summed E-state index contributed by atoms with van der Waals surface area (Å²) in [5, 5.41) is 3.67. The summed E-state index contributed by atoms with van der Waals surface area (Å²) in [7, 11) is 1.80. The van der Waals surface area contributed by atoms with E-state index >= 15 is 0 Å². The van der Waals surface area contributed by atoms with E-state index in [0.29, 0.717) is 0 Å². The molecule has 0 aromatic heterocycles. The van der Waals surface area contributed by atoms with E-state index in [2.05, 4.69) is 52.1 Å². The summed E-state index contributed by atoms with van der Waals surface area (Å²) in [5.74, 6) is 1.08. The molecule has 1 heterocycles. The Hall–Kier alpha value is -1.02. The summed E-state index contributed by atoms with van der Waals surface area (Å²) in [4.78, 5) is 0.